The van der Waals surface area contributed by atoms with Crippen LogP contribution in [0.25, 0.3) is 0 Å². The minimum Gasteiger partial charge on any atom is -0.310 e. The molecule has 1 fully saturated rings. The summed E-state index contributed by atoms with van der Waals surface area (Å²) in [4.78, 5) is 2.67. The summed E-state index contributed by atoms with van der Waals surface area (Å²) in [5.41, 5.74) is 1.65. The molecule has 1 aliphatic heterocycles. The van der Waals surface area contributed by atoms with E-state index in [0.717, 1.165) is 19.5 Å². The van der Waals surface area contributed by atoms with Gasteiger partial charge in [-0.25, -0.2) is 0 Å². The molecule has 1 N–H and O–H groups in total. The number of aryl methyl sites for hydroxylation is 1. The number of nitrogens with zero attached hydrogens (tertiary/aromatic N) is 3. The highest BCUT2D eigenvalue weighted by molar-refractivity contribution is 5.04. The van der Waals surface area contributed by atoms with Crippen LogP contribution in [0.2, 0.25) is 0 Å². The van der Waals surface area contributed by atoms with Gasteiger partial charge in [-0.2, -0.15) is 5.10 Å². The van der Waals surface area contributed by atoms with E-state index in [-0.39, 0.29) is 0 Å². The molecule has 1 aromatic heterocycles. The third-order valence-corrected chi connectivity index (χ3v) is 4.99. The molecule has 114 valence electrons. The second-order valence-corrected chi connectivity index (χ2v) is 6.29. The average Bonchev–Trinajstić information content (AvgIpc) is 2.79. The summed E-state index contributed by atoms with van der Waals surface area (Å²) >= 11 is 0. The molecule has 0 radical (unpaired) electrons. The summed E-state index contributed by atoms with van der Waals surface area (Å²) in [7, 11) is 1.99. The van der Waals surface area contributed by atoms with Gasteiger partial charge in [0.05, 0.1) is 6.20 Å². The van der Waals surface area contributed by atoms with Gasteiger partial charge >= 0.3 is 0 Å². The van der Waals surface area contributed by atoms with E-state index in [1.54, 1.807) is 0 Å². The molecule has 0 aromatic carbocycles. The van der Waals surface area contributed by atoms with Crippen LogP contribution in [-0.2, 0) is 13.5 Å². The molecular weight excluding hydrogens is 248 g/mol. The first kappa shape index (κ1) is 15.5. The highest BCUT2D eigenvalue weighted by Crippen LogP contribution is 2.22. The van der Waals surface area contributed by atoms with Crippen LogP contribution in [0.1, 0.15) is 45.6 Å². The van der Waals surface area contributed by atoms with Crippen LogP contribution in [-0.4, -0.2) is 45.9 Å². The second kappa shape index (κ2) is 6.72. The van der Waals surface area contributed by atoms with E-state index in [4.69, 9.17) is 0 Å². The Morgan fingerprint density at radius 3 is 2.75 bits per heavy atom. The lowest BCUT2D eigenvalue weighted by atomic mass is 9.92. The molecule has 2 rings (SSSR count). The Bertz CT molecular complexity index is 408. The molecule has 2 heterocycles. The van der Waals surface area contributed by atoms with Crippen LogP contribution in [0.15, 0.2) is 12.4 Å². The summed E-state index contributed by atoms with van der Waals surface area (Å²) in [6.07, 6.45) is 8.89. The van der Waals surface area contributed by atoms with Gasteiger partial charge in [-0.3, -0.25) is 9.58 Å². The van der Waals surface area contributed by atoms with E-state index in [9.17, 15) is 0 Å². The third-order valence-electron chi connectivity index (χ3n) is 4.99. The molecule has 1 atom stereocenters. The van der Waals surface area contributed by atoms with Crippen LogP contribution in [0, 0.1) is 0 Å². The molecule has 4 nitrogen and oxygen atoms in total. The summed E-state index contributed by atoms with van der Waals surface area (Å²) in [6.45, 7) is 10.4. The minimum atomic E-state index is 0.305. The van der Waals surface area contributed by atoms with Gasteiger partial charge in [-0.05, 0) is 44.7 Å². The molecule has 20 heavy (non-hydrogen) atoms. The molecule has 1 aliphatic rings. The van der Waals surface area contributed by atoms with Crippen molar-refractivity contribution < 1.29 is 0 Å². The Kier molecular flexibility index (Phi) is 5.22. The van der Waals surface area contributed by atoms with E-state index < -0.39 is 0 Å². The Balaban J connectivity index is 1.99. The fourth-order valence-corrected chi connectivity index (χ4v) is 3.23. The van der Waals surface area contributed by atoms with Crippen LogP contribution < -0.4 is 5.32 Å². The summed E-state index contributed by atoms with van der Waals surface area (Å²) in [5, 5.41) is 8.06. The Labute approximate surface area is 123 Å². The van der Waals surface area contributed by atoms with Gasteiger partial charge in [0, 0.05) is 37.9 Å². The van der Waals surface area contributed by atoms with Crippen molar-refractivity contribution in [1.82, 2.24) is 20.0 Å². The normalized spacial score (nSPS) is 23.7. The SMILES string of the molecule is CCC1(CC)CN(CCc2cnn(C)c2)C(C)CCN1. The van der Waals surface area contributed by atoms with E-state index in [2.05, 4.69) is 42.3 Å². The van der Waals surface area contributed by atoms with Crippen LogP contribution in [0.4, 0.5) is 0 Å². The first-order valence-corrected chi connectivity index (χ1v) is 8.05. The summed E-state index contributed by atoms with van der Waals surface area (Å²) < 4.78 is 1.89. The van der Waals surface area contributed by atoms with Crippen molar-refractivity contribution in [1.29, 1.82) is 0 Å². The maximum absolute atomic E-state index is 4.26. The quantitative estimate of drug-likeness (QED) is 0.896. The zero-order valence-corrected chi connectivity index (χ0v) is 13.5. The fraction of sp³-hybridized carbons (Fsp3) is 0.812. The van der Waals surface area contributed by atoms with Crippen molar-refractivity contribution in [3.8, 4) is 0 Å². The van der Waals surface area contributed by atoms with Crippen molar-refractivity contribution in [3.05, 3.63) is 18.0 Å². The zero-order valence-electron chi connectivity index (χ0n) is 13.5. The number of hydrogen-bond donors (Lipinski definition) is 1. The third kappa shape index (κ3) is 3.61. The second-order valence-electron chi connectivity index (χ2n) is 6.29. The smallest absolute Gasteiger partial charge is 0.0522 e. The molecule has 4 heteroatoms. The number of aromatic nitrogens is 2. The van der Waals surface area contributed by atoms with Gasteiger partial charge in [0.1, 0.15) is 0 Å². The molecule has 1 saturated heterocycles. The Morgan fingerprint density at radius 1 is 1.40 bits per heavy atom. The predicted molar refractivity (Wildman–Crippen MR) is 83.9 cm³/mol. The highest BCUT2D eigenvalue weighted by atomic mass is 15.2. The topological polar surface area (TPSA) is 33.1 Å². The lowest BCUT2D eigenvalue weighted by Crippen LogP contribution is -2.51. The average molecular weight is 278 g/mol. The molecule has 1 aromatic rings. The van der Waals surface area contributed by atoms with Crippen molar-refractivity contribution in [3.63, 3.8) is 0 Å². The summed E-state index contributed by atoms with van der Waals surface area (Å²) in [5.74, 6) is 0. The predicted octanol–water partition coefficient (Wildman–Crippen LogP) is 2.21. The molecule has 1 unspecified atom stereocenters. The minimum absolute atomic E-state index is 0.305. The van der Waals surface area contributed by atoms with E-state index in [1.807, 2.05) is 17.9 Å². The van der Waals surface area contributed by atoms with Gasteiger partial charge in [0.2, 0.25) is 0 Å². The fourth-order valence-electron chi connectivity index (χ4n) is 3.23. The van der Waals surface area contributed by atoms with Gasteiger partial charge in [0.15, 0.2) is 0 Å². The summed E-state index contributed by atoms with van der Waals surface area (Å²) in [6, 6.07) is 0.666. The van der Waals surface area contributed by atoms with Gasteiger partial charge < -0.3 is 5.32 Å². The van der Waals surface area contributed by atoms with Crippen molar-refractivity contribution in [2.45, 2.75) is 58.0 Å². The highest BCUT2D eigenvalue weighted by Gasteiger charge is 2.32. The lowest BCUT2D eigenvalue weighted by Gasteiger charge is -2.37. The largest absolute Gasteiger partial charge is 0.310 e. The molecule has 0 saturated carbocycles. The Morgan fingerprint density at radius 2 is 2.15 bits per heavy atom. The van der Waals surface area contributed by atoms with Gasteiger partial charge in [0.25, 0.3) is 0 Å². The zero-order chi connectivity index (χ0) is 14.6. The molecular formula is C16H30N4. The first-order valence-electron chi connectivity index (χ1n) is 8.05. The Hall–Kier alpha value is -0.870. The monoisotopic (exact) mass is 278 g/mol. The van der Waals surface area contributed by atoms with Crippen molar-refractivity contribution in [2.75, 3.05) is 19.6 Å². The van der Waals surface area contributed by atoms with Crippen LogP contribution >= 0.6 is 0 Å². The number of nitrogens with one attached hydrogen (secondary N) is 1. The van der Waals surface area contributed by atoms with Crippen LogP contribution in [0.5, 0.6) is 0 Å². The number of rotatable bonds is 5. The number of hydrogen-bond acceptors (Lipinski definition) is 3. The standard InChI is InChI=1S/C16H30N4/c1-5-16(6-2)13-20(14(3)7-9-17-16)10-8-15-11-18-19(4)12-15/h11-12,14,17H,5-10,13H2,1-4H3. The van der Waals surface area contributed by atoms with Crippen molar-refractivity contribution in [2.24, 2.45) is 7.05 Å². The van der Waals surface area contributed by atoms with Crippen LogP contribution in [0.3, 0.4) is 0 Å². The van der Waals surface area contributed by atoms with E-state index >= 15 is 0 Å². The first-order chi connectivity index (χ1) is 9.58. The van der Waals surface area contributed by atoms with Gasteiger partial charge in [-0.15, -0.1) is 0 Å². The molecule has 0 amide bonds. The lowest BCUT2D eigenvalue weighted by molar-refractivity contribution is 0.161. The maximum atomic E-state index is 4.26. The molecule has 0 bridgehead atoms. The van der Waals surface area contributed by atoms with Gasteiger partial charge in [-0.1, -0.05) is 13.8 Å². The molecule has 0 aliphatic carbocycles. The van der Waals surface area contributed by atoms with E-state index in [0.29, 0.717) is 11.6 Å². The van der Waals surface area contributed by atoms with E-state index in [1.165, 1.54) is 31.4 Å². The molecule has 0 spiro atoms. The maximum Gasteiger partial charge on any atom is 0.0522 e. The van der Waals surface area contributed by atoms with Crippen molar-refractivity contribution >= 4 is 0 Å².